The van der Waals surface area contributed by atoms with E-state index in [1.165, 1.54) is 77.8 Å². The van der Waals surface area contributed by atoms with Crippen LogP contribution in [0.15, 0.2) is 0 Å². The molecule has 2 heterocycles. The zero-order chi connectivity index (χ0) is 13.5. The van der Waals surface area contributed by atoms with Gasteiger partial charge in [0.2, 0.25) is 0 Å². The Bertz CT molecular complexity index is 244. The fourth-order valence-electron chi connectivity index (χ4n) is 3.57. The normalized spacial score (nSPS) is 29.4. The molecule has 0 amide bonds. The number of rotatable bonds is 7. The summed E-state index contributed by atoms with van der Waals surface area (Å²) < 4.78 is 0. The van der Waals surface area contributed by atoms with E-state index in [2.05, 4.69) is 29.0 Å². The summed E-state index contributed by atoms with van der Waals surface area (Å²) in [6, 6.07) is 1.59. The van der Waals surface area contributed by atoms with Gasteiger partial charge in [0.25, 0.3) is 0 Å². The molecule has 112 valence electrons. The smallest absolute Gasteiger partial charge is 0.0223 e. The molecule has 2 atom stereocenters. The summed E-state index contributed by atoms with van der Waals surface area (Å²) >= 11 is 0. The number of piperidine rings is 1. The maximum atomic E-state index is 3.60. The number of fused-ring (bicyclic) bond motifs is 1. The van der Waals surface area contributed by atoms with Gasteiger partial charge in [0, 0.05) is 38.3 Å². The molecule has 0 spiro atoms. The molecule has 2 saturated heterocycles. The van der Waals surface area contributed by atoms with Crippen molar-refractivity contribution in [3.8, 4) is 0 Å². The predicted octanol–water partition coefficient (Wildman–Crippen LogP) is 2.32. The summed E-state index contributed by atoms with van der Waals surface area (Å²) in [6.07, 6.45) is 8.31. The van der Waals surface area contributed by atoms with Crippen molar-refractivity contribution in [3.05, 3.63) is 0 Å². The Kier molecular flexibility index (Phi) is 6.62. The van der Waals surface area contributed by atoms with Crippen LogP contribution < -0.4 is 5.32 Å². The van der Waals surface area contributed by atoms with Crippen molar-refractivity contribution in [1.29, 1.82) is 0 Å². The molecule has 3 nitrogen and oxygen atoms in total. The highest BCUT2D eigenvalue weighted by molar-refractivity contribution is 4.89. The average Bonchev–Trinajstić information content (AvgIpc) is 2.43. The number of unbranched alkanes of at least 4 members (excludes halogenated alkanes) is 2. The molecular formula is C16H33N3. The molecule has 0 aromatic carbocycles. The van der Waals surface area contributed by atoms with Crippen molar-refractivity contribution in [1.82, 2.24) is 15.1 Å². The molecule has 2 unspecified atom stereocenters. The number of piperazine rings is 1. The van der Waals surface area contributed by atoms with E-state index in [4.69, 9.17) is 0 Å². The molecule has 2 aliphatic rings. The van der Waals surface area contributed by atoms with Crippen LogP contribution in [0.3, 0.4) is 0 Å². The Morgan fingerprint density at radius 3 is 2.84 bits per heavy atom. The first-order chi connectivity index (χ1) is 9.31. The maximum Gasteiger partial charge on any atom is 0.0223 e. The molecule has 2 rings (SSSR count). The molecule has 0 bridgehead atoms. The molecule has 0 saturated carbocycles. The van der Waals surface area contributed by atoms with Gasteiger partial charge in [0.05, 0.1) is 0 Å². The van der Waals surface area contributed by atoms with Gasteiger partial charge in [-0.3, -0.25) is 9.80 Å². The summed E-state index contributed by atoms with van der Waals surface area (Å²) in [4.78, 5) is 5.44. The summed E-state index contributed by atoms with van der Waals surface area (Å²) in [7, 11) is 0. The van der Waals surface area contributed by atoms with Crippen LogP contribution in [-0.4, -0.2) is 61.2 Å². The Hall–Kier alpha value is -0.120. The van der Waals surface area contributed by atoms with Crippen molar-refractivity contribution < 1.29 is 0 Å². The highest BCUT2D eigenvalue weighted by Crippen LogP contribution is 2.23. The fourth-order valence-corrected chi connectivity index (χ4v) is 3.57. The largest absolute Gasteiger partial charge is 0.315 e. The summed E-state index contributed by atoms with van der Waals surface area (Å²) in [5, 5.41) is 3.60. The quantitative estimate of drug-likeness (QED) is 0.714. The lowest BCUT2D eigenvalue weighted by molar-refractivity contribution is 0.0161. The minimum Gasteiger partial charge on any atom is -0.315 e. The predicted molar refractivity (Wildman–Crippen MR) is 82.6 cm³/mol. The van der Waals surface area contributed by atoms with Gasteiger partial charge in [-0.25, -0.2) is 0 Å². The third-order valence-electron chi connectivity index (χ3n) is 4.85. The van der Waals surface area contributed by atoms with Crippen molar-refractivity contribution in [2.45, 2.75) is 64.5 Å². The van der Waals surface area contributed by atoms with E-state index in [0.29, 0.717) is 0 Å². The van der Waals surface area contributed by atoms with Crippen LogP contribution in [0.4, 0.5) is 0 Å². The van der Waals surface area contributed by atoms with Crippen molar-refractivity contribution in [3.63, 3.8) is 0 Å². The minimum atomic E-state index is 0.742. The zero-order valence-corrected chi connectivity index (χ0v) is 13.0. The molecular weight excluding hydrogens is 234 g/mol. The monoisotopic (exact) mass is 267 g/mol. The molecule has 2 fully saturated rings. The van der Waals surface area contributed by atoms with E-state index in [9.17, 15) is 0 Å². The van der Waals surface area contributed by atoms with E-state index >= 15 is 0 Å². The van der Waals surface area contributed by atoms with Crippen molar-refractivity contribution in [2.24, 2.45) is 0 Å². The standard InChI is InChI=1S/C16H33N3/c1-3-4-6-9-17-10-12-18-14-16-8-5-7-11-19(16)13-15(18)2/h15-17H,3-14H2,1-2H3. The van der Waals surface area contributed by atoms with Crippen LogP contribution in [0.5, 0.6) is 0 Å². The number of hydrogen-bond donors (Lipinski definition) is 1. The lowest BCUT2D eigenvalue weighted by atomic mass is 9.97. The van der Waals surface area contributed by atoms with Crippen LogP contribution in [0.1, 0.15) is 52.4 Å². The van der Waals surface area contributed by atoms with Crippen LogP contribution in [0.25, 0.3) is 0 Å². The third kappa shape index (κ3) is 4.73. The topological polar surface area (TPSA) is 18.5 Å². The van der Waals surface area contributed by atoms with Gasteiger partial charge in [-0.05, 0) is 39.3 Å². The van der Waals surface area contributed by atoms with Gasteiger partial charge >= 0.3 is 0 Å². The van der Waals surface area contributed by atoms with Gasteiger partial charge in [0.1, 0.15) is 0 Å². The van der Waals surface area contributed by atoms with E-state index in [0.717, 1.165) is 12.1 Å². The van der Waals surface area contributed by atoms with Crippen LogP contribution in [0, 0.1) is 0 Å². The van der Waals surface area contributed by atoms with E-state index < -0.39 is 0 Å². The van der Waals surface area contributed by atoms with Gasteiger partial charge < -0.3 is 5.32 Å². The lowest BCUT2D eigenvalue weighted by Gasteiger charge is -2.47. The van der Waals surface area contributed by atoms with Crippen molar-refractivity contribution >= 4 is 0 Å². The zero-order valence-electron chi connectivity index (χ0n) is 13.0. The summed E-state index contributed by atoms with van der Waals surface area (Å²) in [6.45, 7) is 12.2. The highest BCUT2D eigenvalue weighted by atomic mass is 15.3. The average molecular weight is 267 g/mol. The molecule has 0 aromatic heterocycles. The number of nitrogens with zero attached hydrogens (tertiary/aromatic N) is 2. The first-order valence-corrected chi connectivity index (χ1v) is 8.50. The van der Waals surface area contributed by atoms with E-state index in [1.54, 1.807) is 0 Å². The Morgan fingerprint density at radius 2 is 2.00 bits per heavy atom. The Labute approximate surface area is 119 Å². The number of hydrogen-bond acceptors (Lipinski definition) is 3. The second-order valence-electron chi connectivity index (χ2n) is 6.45. The molecule has 3 heteroatoms. The summed E-state index contributed by atoms with van der Waals surface area (Å²) in [5.41, 5.74) is 0. The molecule has 1 N–H and O–H groups in total. The van der Waals surface area contributed by atoms with E-state index in [1.807, 2.05) is 0 Å². The molecule has 0 aliphatic carbocycles. The highest BCUT2D eigenvalue weighted by Gasteiger charge is 2.32. The Morgan fingerprint density at radius 1 is 1.11 bits per heavy atom. The van der Waals surface area contributed by atoms with Gasteiger partial charge in [-0.2, -0.15) is 0 Å². The summed E-state index contributed by atoms with van der Waals surface area (Å²) in [5.74, 6) is 0. The lowest BCUT2D eigenvalue weighted by Crippen LogP contribution is -2.59. The maximum absolute atomic E-state index is 3.60. The molecule has 0 radical (unpaired) electrons. The van der Waals surface area contributed by atoms with Crippen LogP contribution in [0.2, 0.25) is 0 Å². The van der Waals surface area contributed by atoms with Crippen LogP contribution in [-0.2, 0) is 0 Å². The SMILES string of the molecule is CCCCCNCCN1CC2CCCCN2CC1C. The van der Waals surface area contributed by atoms with E-state index in [-0.39, 0.29) is 0 Å². The first kappa shape index (κ1) is 15.3. The second kappa shape index (κ2) is 8.23. The molecule has 2 aliphatic heterocycles. The van der Waals surface area contributed by atoms with Crippen LogP contribution >= 0.6 is 0 Å². The molecule has 0 aromatic rings. The van der Waals surface area contributed by atoms with Gasteiger partial charge in [0.15, 0.2) is 0 Å². The number of nitrogens with one attached hydrogen (secondary N) is 1. The molecule has 19 heavy (non-hydrogen) atoms. The third-order valence-corrected chi connectivity index (χ3v) is 4.85. The minimum absolute atomic E-state index is 0.742. The van der Waals surface area contributed by atoms with Crippen molar-refractivity contribution in [2.75, 3.05) is 39.3 Å². The first-order valence-electron chi connectivity index (χ1n) is 8.50. The second-order valence-corrected chi connectivity index (χ2v) is 6.45. The Balaban J connectivity index is 1.63. The fraction of sp³-hybridized carbons (Fsp3) is 1.00. The van der Waals surface area contributed by atoms with Gasteiger partial charge in [-0.15, -0.1) is 0 Å². The van der Waals surface area contributed by atoms with Gasteiger partial charge in [-0.1, -0.05) is 26.2 Å².